The summed E-state index contributed by atoms with van der Waals surface area (Å²) in [6.07, 6.45) is 4.06. The monoisotopic (exact) mass is 324 g/mol. The lowest BCUT2D eigenvalue weighted by molar-refractivity contribution is 0.0786. The van der Waals surface area contributed by atoms with Gasteiger partial charge in [0.15, 0.2) is 11.5 Å². The topological polar surface area (TPSA) is 58.1 Å². The summed E-state index contributed by atoms with van der Waals surface area (Å²) in [6.45, 7) is 5.93. The molecule has 0 spiro atoms. The lowest BCUT2D eigenvalue weighted by Crippen LogP contribution is -2.28. The Bertz CT molecular complexity index is 684. The van der Waals surface area contributed by atoms with E-state index in [0.29, 0.717) is 11.5 Å². The van der Waals surface area contributed by atoms with Crippen molar-refractivity contribution in [2.75, 3.05) is 18.4 Å². The van der Waals surface area contributed by atoms with Crippen molar-refractivity contribution in [3.05, 3.63) is 47.2 Å². The third-order valence-electron chi connectivity index (χ3n) is 4.53. The molecular formula is C19H24N4O. The molecule has 1 fully saturated rings. The quantitative estimate of drug-likeness (QED) is 0.913. The van der Waals surface area contributed by atoms with Crippen molar-refractivity contribution in [1.82, 2.24) is 15.1 Å². The second-order valence-corrected chi connectivity index (χ2v) is 6.09. The van der Waals surface area contributed by atoms with Gasteiger partial charge in [0.05, 0.1) is 0 Å². The summed E-state index contributed by atoms with van der Waals surface area (Å²) in [7, 11) is 0. The van der Waals surface area contributed by atoms with E-state index >= 15 is 0 Å². The summed E-state index contributed by atoms with van der Waals surface area (Å²) in [5, 5.41) is 11.7. The van der Waals surface area contributed by atoms with E-state index in [0.717, 1.165) is 44.5 Å². The van der Waals surface area contributed by atoms with Gasteiger partial charge in [-0.2, -0.15) is 0 Å². The van der Waals surface area contributed by atoms with Crippen LogP contribution in [0.15, 0.2) is 30.3 Å². The van der Waals surface area contributed by atoms with Gasteiger partial charge in [0.1, 0.15) is 0 Å². The Labute approximate surface area is 143 Å². The highest BCUT2D eigenvalue weighted by atomic mass is 16.2. The van der Waals surface area contributed by atoms with E-state index in [1.807, 2.05) is 11.0 Å². The first kappa shape index (κ1) is 16.4. The highest BCUT2D eigenvalue weighted by Gasteiger charge is 2.20. The molecule has 0 unspecified atom stereocenters. The Balaban J connectivity index is 1.78. The molecule has 0 aliphatic carbocycles. The van der Waals surface area contributed by atoms with Gasteiger partial charge in [-0.05, 0) is 48.9 Å². The Morgan fingerprint density at radius 3 is 2.25 bits per heavy atom. The third-order valence-corrected chi connectivity index (χ3v) is 4.53. The summed E-state index contributed by atoms with van der Waals surface area (Å²) < 4.78 is 0. The van der Waals surface area contributed by atoms with Gasteiger partial charge in [0.25, 0.3) is 5.91 Å². The minimum absolute atomic E-state index is 0.0187. The molecule has 5 nitrogen and oxygen atoms in total. The number of rotatable bonds is 5. The van der Waals surface area contributed by atoms with E-state index in [1.54, 1.807) is 6.07 Å². The zero-order chi connectivity index (χ0) is 16.9. The minimum atomic E-state index is -0.0187. The largest absolute Gasteiger partial charge is 0.338 e. The number of amides is 1. The summed E-state index contributed by atoms with van der Waals surface area (Å²) in [6, 6.07) is 9.94. The lowest BCUT2D eigenvalue weighted by Gasteiger charge is -2.16. The van der Waals surface area contributed by atoms with Gasteiger partial charge in [0.2, 0.25) is 0 Å². The maximum atomic E-state index is 12.3. The van der Waals surface area contributed by atoms with Gasteiger partial charge in [-0.15, -0.1) is 10.2 Å². The van der Waals surface area contributed by atoms with Crippen molar-refractivity contribution in [1.29, 1.82) is 0 Å². The van der Waals surface area contributed by atoms with Crippen LogP contribution in [0.25, 0.3) is 0 Å². The molecule has 5 heteroatoms. The standard InChI is InChI=1S/C19H24N4O/c1-3-14-8-7-9-15(4-2)18(14)20-17-11-10-16(21-22-17)19(24)23-12-5-6-13-23/h7-11H,3-6,12-13H2,1-2H3,(H,20,22). The number of hydrogen-bond donors (Lipinski definition) is 1. The number of anilines is 2. The SMILES string of the molecule is CCc1cccc(CC)c1Nc1ccc(C(=O)N2CCCC2)nn1. The Kier molecular flexibility index (Phi) is 5.08. The molecule has 2 aromatic rings. The normalized spacial score (nSPS) is 14.0. The number of carbonyl (C=O) groups excluding carboxylic acids is 1. The number of hydrogen-bond acceptors (Lipinski definition) is 4. The molecule has 1 aliphatic rings. The first-order chi connectivity index (χ1) is 11.7. The maximum absolute atomic E-state index is 12.3. The number of nitrogens with zero attached hydrogens (tertiary/aromatic N) is 3. The van der Waals surface area contributed by atoms with Crippen molar-refractivity contribution in [3.63, 3.8) is 0 Å². The van der Waals surface area contributed by atoms with Crippen LogP contribution in [-0.4, -0.2) is 34.1 Å². The van der Waals surface area contributed by atoms with Crippen molar-refractivity contribution in [2.24, 2.45) is 0 Å². The molecule has 1 aliphatic heterocycles. The molecule has 1 saturated heterocycles. The molecule has 1 aromatic carbocycles. The van der Waals surface area contributed by atoms with Crippen LogP contribution in [0.3, 0.4) is 0 Å². The van der Waals surface area contributed by atoms with E-state index in [1.165, 1.54) is 11.1 Å². The first-order valence-electron chi connectivity index (χ1n) is 8.73. The smallest absolute Gasteiger partial charge is 0.274 e. The van der Waals surface area contributed by atoms with Gasteiger partial charge >= 0.3 is 0 Å². The number of nitrogens with one attached hydrogen (secondary N) is 1. The fourth-order valence-electron chi connectivity index (χ4n) is 3.13. The molecular weight excluding hydrogens is 300 g/mol. The average molecular weight is 324 g/mol. The molecule has 0 saturated carbocycles. The van der Waals surface area contributed by atoms with Gasteiger partial charge in [-0.25, -0.2) is 0 Å². The van der Waals surface area contributed by atoms with Gasteiger partial charge < -0.3 is 10.2 Å². The van der Waals surface area contributed by atoms with Gasteiger partial charge in [-0.3, -0.25) is 4.79 Å². The van der Waals surface area contributed by atoms with Crippen LogP contribution in [0, 0.1) is 0 Å². The van der Waals surface area contributed by atoms with Crippen LogP contribution in [0.1, 0.15) is 48.3 Å². The van der Waals surface area contributed by atoms with Gasteiger partial charge in [0, 0.05) is 18.8 Å². The summed E-state index contributed by atoms with van der Waals surface area (Å²) in [4.78, 5) is 14.2. The summed E-state index contributed by atoms with van der Waals surface area (Å²) >= 11 is 0. The van der Waals surface area contributed by atoms with Crippen molar-refractivity contribution in [2.45, 2.75) is 39.5 Å². The Morgan fingerprint density at radius 1 is 1.04 bits per heavy atom. The van der Waals surface area contributed by atoms with Crippen LogP contribution < -0.4 is 5.32 Å². The Morgan fingerprint density at radius 2 is 1.71 bits per heavy atom. The maximum Gasteiger partial charge on any atom is 0.274 e. The lowest BCUT2D eigenvalue weighted by atomic mass is 10.0. The van der Waals surface area contributed by atoms with E-state index < -0.39 is 0 Å². The zero-order valence-electron chi connectivity index (χ0n) is 14.4. The molecule has 0 atom stereocenters. The third kappa shape index (κ3) is 3.40. The van der Waals surface area contributed by atoms with Crippen LogP contribution >= 0.6 is 0 Å². The van der Waals surface area contributed by atoms with Crippen molar-refractivity contribution < 1.29 is 4.79 Å². The molecule has 1 N–H and O–H groups in total. The highest BCUT2D eigenvalue weighted by Crippen LogP contribution is 2.25. The number of likely N-dealkylation sites (tertiary alicyclic amines) is 1. The number of para-hydroxylation sites is 1. The van der Waals surface area contributed by atoms with E-state index in [-0.39, 0.29) is 5.91 Å². The second kappa shape index (κ2) is 7.43. The van der Waals surface area contributed by atoms with E-state index in [2.05, 4.69) is 47.6 Å². The van der Waals surface area contributed by atoms with E-state index in [4.69, 9.17) is 0 Å². The van der Waals surface area contributed by atoms with E-state index in [9.17, 15) is 4.79 Å². The number of carbonyl (C=O) groups is 1. The molecule has 0 radical (unpaired) electrons. The molecule has 1 aromatic heterocycles. The summed E-state index contributed by atoms with van der Waals surface area (Å²) in [5.74, 6) is 0.651. The number of aryl methyl sites for hydroxylation is 2. The molecule has 2 heterocycles. The number of benzene rings is 1. The predicted molar refractivity (Wildman–Crippen MR) is 95.7 cm³/mol. The molecule has 3 rings (SSSR count). The molecule has 1 amide bonds. The Hall–Kier alpha value is -2.43. The second-order valence-electron chi connectivity index (χ2n) is 6.09. The van der Waals surface area contributed by atoms with Crippen LogP contribution in [0.2, 0.25) is 0 Å². The predicted octanol–water partition coefficient (Wildman–Crippen LogP) is 3.58. The van der Waals surface area contributed by atoms with Crippen LogP contribution in [0.4, 0.5) is 11.5 Å². The fourth-order valence-corrected chi connectivity index (χ4v) is 3.13. The first-order valence-corrected chi connectivity index (χ1v) is 8.73. The zero-order valence-corrected chi connectivity index (χ0v) is 14.4. The van der Waals surface area contributed by atoms with Crippen molar-refractivity contribution >= 4 is 17.4 Å². The molecule has 0 bridgehead atoms. The van der Waals surface area contributed by atoms with Gasteiger partial charge in [-0.1, -0.05) is 32.0 Å². The highest BCUT2D eigenvalue weighted by molar-refractivity contribution is 5.92. The van der Waals surface area contributed by atoms with Crippen molar-refractivity contribution in [3.8, 4) is 0 Å². The van der Waals surface area contributed by atoms with Crippen LogP contribution in [-0.2, 0) is 12.8 Å². The molecule has 24 heavy (non-hydrogen) atoms. The minimum Gasteiger partial charge on any atom is -0.338 e. The summed E-state index contributed by atoms with van der Waals surface area (Å²) in [5.41, 5.74) is 4.04. The van der Waals surface area contributed by atoms with Crippen LogP contribution in [0.5, 0.6) is 0 Å². The molecule has 126 valence electrons. The average Bonchev–Trinajstić information content (AvgIpc) is 3.16. The fraction of sp³-hybridized carbons (Fsp3) is 0.421. The number of aromatic nitrogens is 2.